The van der Waals surface area contributed by atoms with E-state index in [1.54, 1.807) is 18.4 Å². The molecule has 0 bridgehead atoms. The molecule has 0 aliphatic carbocycles. The van der Waals surface area contributed by atoms with Gasteiger partial charge >= 0.3 is 0 Å². The fraction of sp³-hybridized carbons (Fsp3) is 0.538. The number of aryl methyl sites for hydroxylation is 1. The van der Waals surface area contributed by atoms with Crippen molar-refractivity contribution in [3.05, 3.63) is 34.0 Å². The predicted octanol–water partition coefficient (Wildman–Crippen LogP) is 1.62. The maximum absolute atomic E-state index is 5.37. The molecule has 19 heavy (non-hydrogen) atoms. The predicted molar refractivity (Wildman–Crippen MR) is 74.1 cm³/mol. The molecule has 5 nitrogen and oxygen atoms in total. The third-order valence-electron chi connectivity index (χ3n) is 3.53. The lowest BCUT2D eigenvalue weighted by molar-refractivity contribution is 0.132. The SMILES string of the molecule is COC[C@H]1CN(Cc2nccs2)Cc2cnn(C)c21. The minimum Gasteiger partial charge on any atom is -0.384 e. The second-order valence-electron chi connectivity index (χ2n) is 4.93. The fourth-order valence-corrected chi connectivity index (χ4v) is 3.48. The van der Waals surface area contributed by atoms with Gasteiger partial charge in [-0.1, -0.05) is 0 Å². The molecule has 2 aromatic rings. The maximum atomic E-state index is 5.37. The van der Waals surface area contributed by atoms with Crippen LogP contribution in [-0.2, 0) is 24.9 Å². The molecule has 0 spiro atoms. The first-order valence-electron chi connectivity index (χ1n) is 6.38. The summed E-state index contributed by atoms with van der Waals surface area (Å²) >= 11 is 1.71. The van der Waals surface area contributed by atoms with Gasteiger partial charge < -0.3 is 4.74 Å². The molecule has 0 fully saturated rings. The number of ether oxygens (including phenoxy) is 1. The topological polar surface area (TPSA) is 43.2 Å². The lowest BCUT2D eigenvalue weighted by Crippen LogP contribution is -2.35. The van der Waals surface area contributed by atoms with Crippen molar-refractivity contribution in [2.24, 2.45) is 7.05 Å². The number of nitrogens with zero attached hydrogens (tertiary/aromatic N) is 4. The van der Waals surface area contributed by atoms with Gasteiger partial charge in [-0.3, -0.25) is 9.58 Å². The Morgan fingerprint density at radius 3 is 3.16 bits per heavy atom. The Bertz CT molecular complexity index is 537. The van der Waals surface area contributed by atoms with Crippen LogP contribution in [0.25, 0.3) is 0 Å². The number of aromatic nitrogens is 3. The monoisotopic (exact) mass is 278 g/mol. The van der Waals surface area contributed by atoms with Crippen molar-refractivity contribution in [3.8, 4) is 0 Å². The second-order valence-corrected chi connectivity index (χ2v) is 5.91. The second kappa shape index (κ2) is 5.40. The average molecular weight is 278 g/mol. The van der Waals surface area contributed by atoms with Gasteiger partial charge in [-0.2, -0.15) is 5.10 Å². The smallest absolute Gasteiger partial charge is 0.107 e. The van der Waals surface area contributed by atoms with Crippen LogP contribution in [0.3, 0.4) is 0 Å². The van der Waals surface area contributed by atoms with E-state index in [0.29, 0.717) is 5.92 Å². The minimum absolute atomic E-state index is 0.390. The fourth-order valence-electron chi connectivity index (χ4n) is 2.82. The highest BCUT2D eigenvalue weighted by Gasteiger charge is 2.28. The van der Waals surface area contributed by atoms with E-state index < -0.39 is 0 Å². The Morgan fingerprint density at radius 1 is 1.53 bits per heavy atom. The summed E-state index contributed by atoms with van der Waals surface area (Å²) in [4.78, 5) is 6.79. The first-order valence-corrected chi connectivity index (χ1v) is 7.26. The van der Waals surface area contributed by atoms with Crippen LogP contribution in [0, 0.1) is 0 Å². The third kappa shape index (κ3) is 2.56. The van der Waals surface area contributed by atoms with Crippen molar-refractivity contribution in [1.82, 2.24) is 19.7 Å². The van der Waals surface area contributed by atoms with E-state index in [-0.39, 0.29) is 0 Å². The molecule has 1 aliphatic rings. The summed E-state index contributed by atoms with van der Waals surface area (Å²) in [5.74, 6) is 0.390. The van der Waals surface area contributed by atoms with Crippen molar-refractivity contribution in [2.75, 3.05) is 20.3 Å². The van der Waals surface area contributed by atoms with Crippen LogP contribution in [0.5, 0.6) is 0 Å². The Labute approximate surface area is 116 Å². The molecule has 0 amide bonds. The number of fused-ring (bicyclic) bond motifs is 1. The van der Waals surface area contributed by atoms with Gasteiger partial charge in [-0.05, 0) is 0 Å². The normalized spacial score (nSPS) is 19.6. The van der Waals surface area contributed by atoms with E-state index in [9.17, 15) is 0 Å². The van der Waals surface area contributed by atoms with Crippen molar-refractivity contribution < 1.29 is 4.74 Å². The molecule has 0 saturated heterocycles. The van der Waals surface area contributed by atoms with Crippen LogP contribution in [-0.4, -0.2) is 39.9 Å². The van der Waals surface area contributed by atoms with Crippen LogP contribution in [0.1, 0.15) is 22.2 Å². The Morgan fingerprint density at radius 2 is 2.42 bits per heavy atom. The van der Waals surface area contributed by atoms with Crippen molar-refractivity contribution >= 4 is 11.3 Å². The van der Waals surface area contributed by atoms with Gasteiger partial charge in [0.05, 0.1) is 19.3 Å². The number of methoxy groups -OCH3 is 1. The molecule has 0 N–H and O–H groups in total. The average Bonchev–Trinajstić information content (AvgIpc) is 3.00. The van der Waals surface area contributed by atoms with Gasteiger partial charge in [0.15, 0.2) is 0 Å². The summed E-state index contributed by atoms with van der Waals surface area (Å²) in [5, 5.41) is 7.58. The first-order chi connectivity index (χ1) is 9.28. The molecule has 0 unspecified atom stereocenters. The molecule has 0 aromatic carbocycles. The van der Waals surface area contributed by atoms with Crippen molar-refractivity contribution in [1.29, 1.82) is 0 Å². The Balaban J connectivity index is 1.80. The number of hydrogen-bond acceptors (Lipinski definition) is 5. The number of thiazole rings is 1. The molecule has 0 radical (unpaired) electrons. The van der Waals surface area contributed by atoms with Gasteiger partial charge in [0.25, 0.3) is 0 Å². The Hall–Kier alpha value is -1.24. The highest BCUT2D eigenvalue weighted by molar-refractivity contribution is 7.09. The van der Waals surface area contributed by atoms with Crippen LogP contribution in [0.15, 0.2) is 17.8 Å². The van der Waals surface area contributed by atoms with Crippen LogP contribution in [0.4, 0.5) is 0 Å². The van der Waals surface area contributed by atoms with E-state index in [1.165, 1.54) is 16.3 Å². The number of rotatable bonds is 4. The molecule has 1 atom stereocenters. The van der Waals surface area contributed by atoms with Gasteiger partial charge in [0.2, 0.25) is 0 Å². The van der Waals surface area contributed by atoms with Gasteiger partial charge in [-0.25, -0.2) is 4.98 Å². The van der Waals surface area contributed by atoms with E-state index >= 15 is 0 Å². The van der Waals surface area contributed by atoms with E-state index in [4.69, 9.17) is 4.74 Å². The van der Waals surface area contributed by atoms with Gasteiger partial charge in [0, 0.05) is 56.0 Å². The summed E-state index contributed by atoms with van der Waals surface area (Å²) in [6.07, 6.45) is 3.85. The molecule has 3 rings (SSSR count). The van der Waals surface area contributed by atoms with Crippen LogP contribution >= 0.6 is 11.3 Å². The van der Waals surface area contributed by atoms with Gasteiger partial charge in [0.1, 0.15) is 5.01 Å². The van der Waals surface area contributed by atoms with Gasteiger partial charge in [-0.15, -0.1) is 11.3 Å². The molecular formula is C13H18N4OS. The van der Waals surface area contributed by atoms with E-state index in [0.717, 1.165) is 26.2 Å². The zero-order valence-electron chi connectivity index (χ0n) is 11.2. The molecule has 102 valence electrons. The highest BCUT2D eigenvalue weighted by Crippen LogP contribution is 2.29. The summed E-state index contributed by atoms with van der Waals surface area (Å²) in [6, 6.07) is 0. The lowest BCUT2D eigenvalue weighted by Gasteiger charge is -2.32. The quantitative estimate of drug-likeness (QED) is 0.852. The van der Waals surface area contributed by atoms with Crippen LogP contribution < -0.4 is 0 Å². The molecular weight excluding hydrogens is 260 g/mol. The molecule has 3 heterocycles. The van der Waals surface area contributed by atoms with E-state index in [1.807, 2.05) is 29.5 Å². The molecule has 2 aromatic heterocycles. The molecule has 6 heteroatoms. The summed E-state index contributed by atoms with van der Waals surface area (Å²) < 4.78 is 7.35. The summed E-state index contributed by atoms with van der Waals surface area (Å²) in [5.41, 5.74) is 2.63. The molecule has 0 saturated carbocycles. The Kier molecular flexibility index (Phi) is 3.63. The largest absolute Gasteiger partial charge is 0.384 e. The highest BCUT2D eigenvalue weighted by atomic mass is 32.1. The molecule has 1 aliphatic heterocycles. The lowest BCUT2D eigenvalue weighted by atomic mass is 9.97. The minimum atomic E-state index is 0.390. The standard InChI is InChI=1S/C13H18N4OS/c1-16-13-10(5-15-16)6-17(7-11(13)9-18-2)8-12-14-3-4-19-12/h3-5,11H,6-9H2,1-2H3/t11-/m1/s1. The summed E-state index contributed by atoms with van der Waals surface area (Å²) in [7, 11) is 3.77. The van der Waals surface area contributed by atoms with Crippen molar-refractivity contribution in [3.63, 3.8) is 0 Å². The van der Waals surface area contributed by atoms with Crippen molar-refractivity contribution in [2.45, 2.75) is 19.0 Å². The first kappa shape index (κ1) is 12.8. The third-order valence-corrected chi connectivity index (χ3v) is 4.30. The maximum Gasteiger partial charge on any atom is 0.107 e. The summed E-state index contributed by atoms with van der Waals surface area (Å²) in [6.45, 7) is 3.59. The zero-order chi connectivity index (χ0) is 13.2. The van der Waals surface area contributed by atoms with E-state index in [2.05, 4.69) is 15.0 Å². The van der Waals surface area contributed by atoms with Crippen LogP contribution in [0.2, 0.25) is 0 Å². The zero-order valence-corrected chi connectivity index (χ0v) is 12.1. The number of hydrogen-bond donors (Lipinski definition) is 0.